The van der Waals surface area contributed by atoms with Crippen LogP contribution in [0.4, 0.5) is 0 Å². The molecule has 4 heteroatoms. The SMILES string of the molecule is CC(C)(C)C(=O)OCC(C)(C)C(=O)c1ccc2ccc(O)cc2c1. The number of aromatic hydroxyl groups is 1. The van der Waals surface area contributed by atoms with Crippen LogP contribution in [0.5, 0.6) is 5.75 Å². The van der Waals surface area contributed by atoms with Gasteiger partial charge in [0.1, 0.15) is 12.4 Å². The largest absolute Gasteiger partial charge is 0.508 e. The number of rotatable bonds is 4. The molecule has 0 aliphatic rings. The molecule has 0 aliphatic heterocycles. The van der Waals surface area contributed by atoms with Gasteiger partial charge in [0.25, 0.3) is 0 Å². The Hall–Kier alpha value is -2.36. The number of hydrogen-bond donors (Lipinski definition) is 1. The zero-order valence-electron chi connectivity index (χ0n) is 14.8. The van der Waals surface area contributed by atoms with Crippen LogP contribution in [0.1, 0.15) is 45.0 Å². The maximum atomic E-state index is 12.8. The molecule has 0 aliphatic carbocycles. The first-order valence-electron chi connectivity index (χ1n) is 7.95. The monoisotopic (exact) mass is 328 g/mol. The summed E-state index contributed by atoms with van der Waals surface area (Å²) in [5.41, 5.74) is -0.893. The van der Waals surface area contributed by atoms with Crippen LogP contribution in [0.2, 0.25) is 0 Å². The second-order valence-electron chi connectivity index (χ2n) is 7.79. The van der Waals surface area contributed by atoms with Crippen molar-refractivity contribution >= 4 is 22.5 Å². The van der Waals surface area contributed by atoms with Gasteiger partial charge in [-0.3, -0.25) is 9.59 Å². The first kappa shape index (κ1) is 18.0. The minimum Gasteiger partial charge on any atom is -0.508 e. The Morgan fingerprint density at radius 2 is 1.58 bits per heavy atom. The fourth-order valence-electron chi connectivity index (χ4n) is 2.29. The number of carbonyl (C=O) groups is 2. The number of fused-ring (bicyclic) bond motifs is 1. The first-order chi connectivity index (χ1) is 11.0. The van der Waals surface area contributed by atoms with Crippen LogP contribution in [-0.4, -0.2) is 23.5 Å². The van der Waals surface area contributed by atoms with Gasteiger partial charge in [0, 0.05) is 5.56 Å². The number of esters is 1. The van der Waals surface area contributed by atoms with Crippen molar-refractivity contribution in [2.75, 3.05) is 6.61 Å². The molecule has 0 unspecified atom stereocenters. The lowest BCUT2D eigenvalue weighted by molar-refractivity contribution is -0.155. The highest BCUT2D eigenvalue weighted by atomic mass is 16.5. The van der Waals surface area contributed by atoms with Gasteiger partial charge >= 0.3 is 5.97 Å². The lowest BCUT2D eigenvalue weighted by Gasteiger charge is -2.25. The number of Topliss-reactive ketones (excluding diaryl/α,β-unsaturated/α-hetero) is 1. The summed E-state index contributed by atoms with van der Waals surface area (Å²) in [6, 6.07) is 10.4. The Kier molecular flexibility index (Phi) is 4.70. The zero-order valence-corrected chi connectivity index (χ0v) is 14.8. The van der Waals surface area contributed by atoms with Crippen LogP contribution in [0.3, 0.4) is 0 Å². The Morgan fingerprint density at radius 3 is 2.21 bits per heavy atom. The van der Waals surface area contributed by atoms with E-state index in [1.54, 1.807) is 65.0 Å². The van der Waals surface area contributed by atoms with E-state index in [1.807, 2.05) is 6.07 Å². The topological polar surface area (TPSA) is 63.6 Å². The molecule has 0 fully saturated rings. The average molecular weight is 328 g/mol. The van der Waals surface area contributed by atoms with Crippen molar-refractivity contribution in [2.45, 2.75) is 34.6 Å². The van der Waals surface area contributed by atoms with Gasteiger partial charge in [-0.05, 0) is 63.6 Å². The maximum absolute atomic E-state index is 12.8. The molecule has 0 aromatic heterocycles. The van der Waals surface area contributed by atoms with E-state index in [9.17, 15) is 14.7 Å². The van der Waals surface area contributed by atoms with Gasteiger partial charge in [-0.2, -0.15) is 0 Å². The molecule has 2 aromatic rings. The normalized spacial score (nSPS) is 12.2. The minimum absolute atomic E-state index is 0.0278. The smallest absolute Gasteiger partial charge is 0.311 e. The van der Waals surface area contributed by atoms with Crippen molar-refractivity contribution in [2.24, 2.45) is 10.8 Å². The van der Waals surface area contributed by atoms with E-state index in [2.05, 4.69) is 0 Å². The van der Waals surface area contributed by atoms with Crippen molar-refractivity contribution in [3.05, 3.63) is 42.0 Å². The molecule has 0 saturated heterocycles. The molecule has 0 bridgehead atoms. The predicted molar refractivity (Wildman–Crippen MR) is 94.1 cm³/mol. The van der Waals surface area contributed by atoms with Gasteiger partial charge in [0.15, 0.2) is 5.78 Å². The van der Waals surface area contributed by atoms with E-state index in [1.165, 1.54) is 0 Å². The number of benzene rings is 2. The van der Waals surface area contributed by atoms with Crippen molar-refractivity contribution in [3.63, 3.8) is 0 Å². The molecule has 128 valence electrons. The second kappa shape index (κ2) is 6.27. The van der Waals surface area contributed by atoms with Crippen molar-refractivity contribution in [1.82, 2.24) is 0 Å². The number of phenolic OH excluding ortho intramolecular Hbond substituents is 1. The van der Waals surface area contributed by atoms with Crippen LogP contribution in [0.25, 0.3) is 10.8 Å². The molecule has 0 spiro atoms. The summed E-state index contributed by atoms with van der Waals surface area (Å²) in [4.78, 5) is 24.7. The summed E-state index contributed by atoms with van der Waals surface area (Å²) in [7, 11) is 0. The quantitative estimate of drug-likeness (QED) is 0.669. The van der Waals surface area contributed by atoms with E-state index in [0.717, 1.165) is 10.8 Å². The maximum Gasteiger partial charge on any atom is 0.311 e. The fraction of sp³-hybridized carbons (Fsp3) is 0.400. The van der Waals surface area contributed by atoms with Crippen LogP contribution in [0.15, 0.2) is 36.4 Å². The third-order valence-electron chi connectivity index (χ3n) is 3.88. The summed E-state index contributed by atoms with van der Waals surface area (Å²) in [6.45, 7) is 8.88. The standard InChI is InChI=1S/C20H24O4/c1-19(2,3)18(23)24-12-20(4,5)17(22)14-7-6-13-8-9-16(21)11-15(13)10-14/h6-11,21H,12H2,1-5H3. The minimum atomic E-state index is -0.828. The molecular formula is C20H24O4. The third-order valence-corrected chi connectivity index (χ3v) is 3.88. The Balaban J connectivity index is 2.21. The predicted octanol–water partition coefficient (Wildman–Crippen LogP) is 4.34. The molecule has 0 atom stereocenters. The van der Waals surface area contributed by atoms with Gasteiger partial charge < -0.3 is 9.84 Å². The molecule has 4 nitrogen and oxygen atoms in total. The summed E-state index contributed by atoms with van der Waals surface area (Å²) >= 11 is 0. The van der Waals surface area contributed by atoms with Crippen LogP contribution >= 0.6 is 0 Å². The van der Waals surface area contributed by atoms with Crippen molar-refractivity contribution in [3.8, 4) is 5.75 Å². The number of carbonyl (C=O) groups excluding carboxylic acids is 2. The van der Waals surface area contributed by atoms with E-state index in [4.69, 9.17) is 4.74 Å². The fourth-order valence-corrected chi connectivity index (χ4v) is 2.29. The summed E-state index contributed by atoms with van der Waals surface area (Å²) in [5, 5.41) is 11.3. The van der Waals surface area contributed by atoms with Gasteiger partial charge in [-0.25, -0.2) is 0 Å². The molecular weight excluding hydrogens is 304 g/mol. The highest BCUT2D eigenvalue weighted by molar-refractivity contribution is 6.03. The number of hydrogen-bond acceptors (Lipinski definition) is 4. The highest BCUT2D eigenvalue weighted by Gasteiger charge is 2.32. The average Bonchev–Trinajstić information content (AvgIpc) is 2.50. The zero-order chi connectivity index (χ0) is 18.1. The Bertz CT molecular complexity index is 782. The van der Waals surface area contributed by atoms with E-state index >= 15 is 0 Å². The highest BCUT2D eigenvalue weighted by Crippen LogP contribution is 2.27. The molecule has 0 saturated carbocycles. The Morgan fingerprint density at radius 1 is 0.958 bits per heavy atom. The third kappa shape index (κ3) is 3.94. The molecule has 24 heavy (non-hydrogen) atoms. The second-order valence-corrected chi connectivity index (χ2v) is 7.79. The summed E-state index contributed by atoms with van der Waals surface area (Å²) < 4.78 is 5.32. The lowest BCUT2D eigenvalue weighted by Crippen LogP contribution is -2.33. The number of ketones is 1. The molecule has 2 rings (SSSR count). The van der Waals surface area contributed by atoms with Crippen molar-refractivity contribution in [1.29, 1.82) is 0 Å². The molecule has 0 radical (unpaired) electrons. The Labute approximate surface area is 142 Å². The van der Waals surface area contributed by atoms with Gasteiger partial charge in [0.2, 0.25) is 0 Å². The van der Waals surface area contributed by atoms with Gasteiger partial charge in [-0.1, -0.05) is 18.2 Å². The molecule has 0 heterocycles. The number of ether oxygens (including phenoxy) is 1. The van der Waals surface area contributed by atoms with E-state index in [0.29, 0.717) is 5.56 Å². The summed E-state index contributed by atoms with van der Waals surface area (Å²) in [6.07, 6.45) is 0. The van der Waals surface area contributed by atoms with Crippen molar-refractivity contribution < 1.29 is 19.4 Å². The van der Waals surface area contributed by atoms with E-state index < -0.39 is 10.8 Å². The van der Waals surface area contributed by atoms with Crippen LogP contribution in [0, 0.1) is 10.8 Å². The van der Waals surface area contributed by atoms with Crippen LogP contribution in [-0.2, 0) is 9.53 Å². The van der Waals surface area contributed by atoms with Gasteiger partial charge in [-0.15, -0.1) is 0 Å². The van der Waals surface area contributed by atoms with Gasteiger partial charge in [0.05, 0.1) is 10.8 Å². The van der Waals surface area contributed by atoms with E-state index in [-0.39, 0.29) is 24.1 Å². The summed E-state index contributed by atoms with van der Waals surface area (Å²) in [5.74, 6) is -0.272. The molecule has 1 N–H and O–H groups in total. The first-order valence-corrected chi connectivity index (χ1v) is 7.95. The molecule has 0 amide bonds. The molecule has 2 aromatic carbocycles. The van der Waals surface area contributed by atoms with Crippen LogP contribution < -0.4 is 0 Å². The number of phenols is 1. The lowest BCUT2D eigenvalue weighted by atomic mass is 9.84.